The van der Waals surface area contributed by atoms with E-state index in [1.54, 1.807) is 0 Å². The molecule has 1 aromatic carbocycles. The first-order valence-electron chi connectivity index (χ1n) is 7.09. The molecule has 0 fully saturated rings. The zero-order valence-electron chi connectivity index (χ0n) is 12.0. The summed E-state index contributed by atoms with van der Waals surface area (Å²) < 4.78 is 11.1. The Kier molecular flexibility index (Phi) is 9.41. The quantitative estimate of drug-likeness (QED) is 0.382. The molecule has 1 aromatic rings. The van der Waals surface area contributed by atoms with Gasteiger partial charge in [0.1, 0.15) is 0 Å². The van der Waals surface area contributed by atoms with Crippen LogP contribution < -0.4 is 5.32 Å². The maximum Gasteiger partial charge on any atom is 0.154 e. The molecule has 0 aromatic heterocycles. The molecule has 0 saturated carbocycles. The Labute approximate surface area is 119 Å². The number of ether oxygens (including phenoxy) is 2. The summed E-state index contributed by atoms with van der Waals surface area (Å²) >= 11 is 0. The second kappa shape index (κ2) is 11.0. The lowest BCUT2D eigenvalue weighted by Crippen LogP contribution is -2.19. The van der Waals surface area contributed by atoms with Crippen LogP contribution >= 0.6 is 0 Å². The minimum Gasteiger partial charge on any atom is -0.385 e. The van der Waals surface area contributed by atoms with E-state index in [-0.39, 0.29) is 6.29 Å². The predicted molar refractivity (Wildman–Crippen MR) is 82.0 cm³/mol. The van der Waals surface area contributed by atoms with Gasteiger partial charge in [0.25, 0.3) is 0 Å². The number of nitrogens with one attached hydrogen (secondary N) is 1. The van der Waals surface area contributed by atoms with E-state index in [4.69, 9.17) is 9.47 Å². The van der Waals surface area contributed by atoms with Crippen LogP contribution in [0.2, 0.25) is 12.1 Å². The first-order chi connectivity index (χ1) is 9.36. The number of anilines is 1. The fourth-order valence-electron chi connectivity index (χ4n) is 1.76. The van der Waals surface area contributed by atoms with Crippen molar-refractivity contribution in [1.29, 1.82) is 0 Å². The molecule has 19 heavy (non-hydrogen) atoms. The molecule has 0 heterocycles. The molecule has 1 N–H and O–H groups in total. The molecule has 0 saturated heterocycles. The van der Waals surface area contributed by atoms with Crippen LogP contribution in [-0.4, -0.2) is 35.6 Å². The SMILES string of the molecule is CCOC(C[Si]CCCNc1ccccc1)OCC. The van der Waals surface area contributed by atoms with Gasteiger partial charge in [0.05, 0.1) is 0 Å². The van der Waals surface area contributed by atoms with Crippen LogP contribution in [0.25, 0.3) is 0 Å². The monoisotopic (exact) mass is 279 g/mol. The molecule has 0 amide bonds. The molecule has 0 atom stereocenters. The van der Waals surface area contributed by atoms with Crippen molar-refractivity contribution in [3.8, 4) is 0 Å². The zero-order valence-corrected chi connectivity index (χ0v) is 13.0. The van der Waals surface area contributed by atoms with Gasteiger partial charge in [0, 0.05) is 35.0 Å². The van der Waals surface area contributed by atoms with E-state index in [9.17, 15) is 0 Å². The third-order valence-electron chi connectivity index (χ3n) is 2.65. The fourth-order valence-corrected chi connectivity index (χ4v) is 2.86. The standard InChI is InChI=1S/C15H25NO2Si/c1-3-17-15(18-4-2)13-19-12-8-11-16-14-9-6-5-7-10-14/h5-7,9-10,15-16H,3-4,8,11-13H2,1-2H3. The largest absolute Gasteiger partial charge is 0.385 e. The summed E-state index contributed by atoms with van der Waals surface area (Å²) in [6.07, 6.45) is 1.19. The molecule has 0 aliphatic heterocycles. The number of para-hydroxylation sites is 1. The van der Waals surface area contributed by atoms with Gasteiger partial charge in [-0.05, 0) is 38.4 Å². The number of hydrogen-bond acceptors (Lipinski definition) is 3. The number of benzene rings is 1. The van der Waals surface area contributed by atoms with Crippen LogP contribution in [0.3, 0.4) is 0 Å². The van der Waals surface area contributed by atoms with E-state index in [1.807, 2.05) is 19.9 Å². The molecular weight excluding hydrogens is 254 g/mol. The summed E-state index contributed by atoms with van der Waals surface area (Å²) in [5.74, 6) is 0. The van der Waals surface area contributed by atoms with Gasteiger partial charge < -0.3 is 14.8 Å². The average molecular weight is 279 g/mol. The van der Waals surface area contributed by atoms with E-state index in [2.05, 4.69) is 29.6 Å². The maximum absolute atomic E-state index is 5.53. The van der Waals surface area contributed by atoms with E-state index in [1.165, 1.54) is 18.2 Å². The van der Waals surface area contributed by atoms with Gasteiger partial charge in [-0.3, -0.25) is 0 Å². The van der Waals surface area contributed by atoms with Crippen LogP contribution in [0, 0.1) is 0 Å². The normalized spacial score (nSPS) is 10.9. The topological polar surface area (TPSA) is 30.5 Å². The first kappa shape index (κ1) is 16.2. The molecule has 3 nitrogen and oxygen atoms in total. The highest BCUT2D eigenvalue weighted by Crippen LogP contribution is 2.07. The third kappa shape index (κ3) is 8.03. The van der Waals surface area contributed by atoms with E-state index >= 15 is 0 Å². The summed E-state index contributed by atoms with van der Waals surface area (Å²) in [6, 6.07) is 12.6. The molecule has 106 valence electrons. The molecule has 1 rings (SSSR count). The van der Waals surface area contributed by atoms with Gasteiger partial charge in [-0.15, -0.1) is 0 Å². The van der Waals surface area contributed by atoms with Gasteiger partial charge >= 0.3 is 0 Å². The minimum atomic E-state index is -0.00424. The molecule has 2 radical (unpaired) electrons. The van der Waals surface area contributed by atoms with Crippen LogP contribution in [0.4, 0.5) is 5.69 Å². The van der Waals surface area contributed by atoms with Gasteiger partial charge in [-0.25, -0.2) is 0 Å². The third-order valence-corrected chi connectivity index (χ3v) is 3.98. The summed E-state index contributed by atoms with van der Waals surface area (Å²) in [4.78, 5) is 0. The molecular formula is C15H25NO2Si. The predicted octanol–water partition coefficient (Wildman–Crippen LogP) is 3.43. The Morgan fingerprint density at radius 3 is 2.42 bits per heavy atom. The second-order valence-corrected chi connectivity index (χ2v) is 5.60. The van der Waals surface area contributed by atoms with Crippen molar-refractivity contribution < 1.29 is 9.47 Å². The molecule has 0 spiro atoms. The highest BCUT2D eigenvalue weighted by atomic mass is 28.2. The summed E-state index contributed by atoms with van der Waals surface area (Å²) in [5.41, 5.74) is 1.20. The van der Waals surface area contributed by atoms with Crippen molar-refractivity contribution in [3.63, 3.8) is 0 Å². The Balaban J connectivity index is 2.01. The molecule has 0 unspecified atom stereocenters. The van der Waals surface area contributed by atoms with Gasteiger partial charge in [-0.1, -0.05) is 24.2 Å². The molecule has 0 aliphatic carbocycles. The highest BCUT2D eigenvalue weighted by Gasteiger charge is 2.07. The van der Waals surface area contributed by atoms with Crippen molar-refractivity contribution in [3.05, 3.63) is 30.3 Å². The van der Waals surface area contributed by atoms with Crippen LogP contribution in [0.15, 0.2) is 30.3 Å². The number of rotatable bonds is 11. The Morgan fingerprint density at radius 2 is 1.79 bits per heavy atom. The van der Waals surface area contributed by atoms with Crippen molar-refractivity contribution >= 4 is 15.2 Å². The smallest absolute Gasteiger partial charge is 0.154 e. The maximum atomic E-state index is 5.53. The first-order valence-corrected chi connectivity index (χ1v) is 8.51. The molecule has 4 heteroatoms. The average Bonchev–Trinajstić information content (AvgIpc) is 2.44. The van der Waals surface area contributed by atoms with Gasteiger partial charge in [0.2, 0.25) is 0 Å². The fraction of sp³-hybridized carbons (Fsp3) is 0.600. The van der Waals surface area contributed by atoms with E-state index < -0.39 is 0 Å². The van der Waals surface area contributed by atoms with Gasteiger partial charge in [0.15, 0.2) is 6.29 Å². The summed E-state index contributed by atoms with van der Waals surface area (Å²) in [5, 5.41) is 3.43. The van der Waals surface area contributed by atoms with Crippen molar-refractivity contribution in [1.82, 2.24) is 0 Å². The van der Waals surface area contributed by atoms with Gasteiger partial charge in [-0.2, -0.15) is 0 Å². The summed E-state index contributed by atoms with van der Waals surface area (Å²) in [7, 11) is 0.910. The van der Waals surface area contributed by atoms with Crippen molar-refractivity contribution in [2.24, 2.45) is 0 Å². The second-order valence-electron chi connectivity index (χ2n) is 4.19. The minimum absolute atomic E-state index is 0.00424. The Hall–Kier alpha value is -0.843. The van der Waals surface area contributed by atoms with Crippen molar-refractivity contribution in [2.45, 2.75) is 38.6 Å². The van der Waals surface area contributed by atoms with E-state index in [0.717, 1.165) is 35.3 Å². The van der Waals surface area contributed by atoms with Crippen LogP contribution in [0.1, 0.15) is 20.3 Å². The lowest BCUT2D eigenvalue weighted by atomic mass is 10.3. The van der Waals surface area contributed by atoms with Crippen molar-refractivity contribution in [2.75, 3.05) is 25.1 Å². The Bertz CT molecular complexity index is 302. The lowest BCUT2D eigenvalue weighted by molar-refractivity contribution is -0.123. The van der Waals surface area contributed by atoms with Crippen LogP contribution in [-0.2, 0) is 9.47 Å². The Morgan fingerprint density at radius 1 is 1.11 bits per heavy atom. The molecule has 0 bridgehead atoms. The lowest BCUT2D eigenvalue weighted by Gasteiger charge is -2.16. The zero-order chi connectivity index (χ0) is 13.8. The van der Waals surface area contributed by atoms with Crippen LogP contribution in [0.5, 0.6) is 0 Å². The van der Waals surface area contributed by atoms with E-state index in [0.29, 0.717) is 0 Å². The summed E-state index contributed by atoms with van der Waals surface area (Å²) in [6.45, 7) is 6.51. The number of hydrogen-bond donors (Lipinski definition) is 1. The highest BCUT2D eigenvalue weighted by molar-refractivity contribution is 6.35. The molecule has 0 aliphatic rings.